The van der Waals surface area contributed by atoms with E-state index in [0.717, 1.165) is 5.56 Å². The minimum absolute atomic E-state index is 0.311. The first-order valence-corrected chi connectivity index (χ1v) is 6.01. The van der Waals surface area contributed by atoms with Gasteiger partial charge in [-0.15, -0.1) is 5.10 Å². The van der Waals surface area contributed by atoms with Crippen LogP contribution in [0, 0.1) is 5.92 Å². The molecule has 0 fully saturated rings. The molecule has 0 radical (unpaired) electrons. The molecule has 0 spiro atoms. The lowest BCUT2D eigenvalue weighted by Crippen LogP contribution is -2.14. The molecule has 102 valence electrons. The first-order valence-electron chi connectivity index (χ1n) is 6.01. The van der Waals surface area contributed by atoms with Crippen molar-refractivity contribution in [2.24, 2.45) is 5.92 Å². The number of nitrogens with zero attached hydrogens (tertiary/aromatic N) is 4. The third-order valence-electron chi connectivity index (χ3n) is 2.70. The summed E-state index contributed by atoms with van der Waals surface area (Å²) in [5.41, 5.74) is 13.6. The summed E-state index contributed by atoms with van der Waals surface area (Å²) in [5, 5.41) is 11.7. The van der Waals surface area contributed by atoms with Gasteiger partial charge >= 0.3 is 0 Å². The smallest absolute Gasteiger partial charge is 0.182 e. The fraction of sp³-hybridized carbons (Fsp3) is 0.417. The lowest BCUT2D eigenvalue weighted by atomic mass is 10.1. The summed E-state index contributed by atoms with van der Waals surface area (Å²) in [4.78, 5) is 0. The van der Waals surface area contributed by atoms with E-state index in [4.69, 9.17) is 16.2 Å². The molecule has 4 N–H and O–H groups in total. The highest BCUT2D eigenvalue weighted by atomic mass is 16.5. The van der Waals surface area contributed by atoms with E-state index in [1.807, 2.05) is 0 Å². The van der Waals surface area contributed by atoms with Crippen LogP contribution in [0.15, 0.2) is 18.2 Å². The van der Waals surface area contributed by atoms with Crippen LogP contribution in [-0.2, 0) is 11.3 Å². The van der Waals surface area contributed by atoms with Crippen molar-refractivity contribution in [3.8, 4) is 11.4 Å². The number of ether oxygens (including phenoxy) is 1. The molecule has 19 heavy (non-hydrogen) atoms. The molecule has 0 aliphatic heterocycles. The summed E-state index contributed by atoms with van der Waals surface area (Å²) in [7, 11) is 1.68. The third-order valence-corrected chi connectivity index (χ3v) is 2.70. The Balaban J connectivity index is 2.28. The number of aromatic nitrogens is 4. The van der Waals surface area contributed by atoms with Crippen molar-refractivity contribution in [2.75, 3.05) is 25.2 Å². The molecule has 1 heterocycles. The van der Waals surface area contributed by atoms with Gasteiger partial charge in [0, 0.05) is 30.6 Å². The van der Waals surface area contributed by atoms with E-state index in [0.29, 0.717) is 36.3 Å². The molecule has 2 aromatic rings. The first kappa shape index (κ1) is 13.3. The molecule has 0 aliphatic rings. The molecule has 0 saturated heterocycles. The maximum absolute atomic E-state index is 5.79. The van der Waals surface area contributed by atoms with Crippen LogP contribution in [0.2, 0.25) is 0 Å². The van der Waals surface area contributed by atoms with E-state index in [1.54, 1.807) is 30.0 Å². The second kappa shape index (κ2) is 5.66. The zero-order valence-corrected chi connectivity index (χ0v) is 11.1. The second-order valence-electron chi connectivity index (χ2n) is 4.63. The van der Waals surface area contributed by atoms with E-state index in [2.05, 4.69) is 22.4 Å². The van der Waals surface area contributed by atoms with Gasteiger partial charge in [0.05, 0.1) is 6.61 Å². The molecule has 7 nitrogen and oxygen atoms in total. The van der Waals surface area contributed by atoms with Crippen molar-refractivity contribution < 1.29 is 4.74 Å². The van der Waals surface area contributed by atoms with Gasteiger partial charge < -0.3 is 16.2 Å². The van der Waals surface area contributed by atoms with Crippen molar-refractivity contribution >= 4 is 11.4 Å². The van der Waals surface area contributed by atoms with Crippen molar-refractivity contribution in [3.05, 3.63) is 18.2 Å². The maximum atomic E-state index is 5.79. The maximum Gasteiger partial charge on any atom is 0.182 e. The quantitative estimate of drug-likeness (QED) is 0.772. The molecule has 1 aromatic carbocycles. The largest absolute Gasteiger partial charge is 0.399 e. The highest BCUT2D eigenvalue weighted by Gasteiger charge is 2.12. The van der Waals surface area contributed by atoms with E-state index in [-0.39, 0.29) is 0 Å². The van der Waals surface area contributed by atoms with E-state index in [1.165, 1.54) is 0 Å². The molecular weight excluding hydrogens is 244 g/mol. The Kier molecular flexibility index (Phi) is 3.96. The van der Waals surface area contributed by atoms with Gasteiger partial charge in [-0.3, -0.25) is 0 Å². The van der Waals surface area contributed by atoms with E-state index >= 15 is 0 Å². The Morgan fingerprint density at radius 2 is 1.95 bits per heavy atom. The molecule has 2 rings (SSSR count). The number of tetrazole rings is 1. The predicted molar refractivity (Wildman–Crippen MR) is 73.1 cm³/mol. The van der Waals surface area contributed by atoms with Crippen LogP contribution in [-0.4, -0.2) is 33.9 Å². The van der Waals surface area contributed by atoms with Gasteiger partial charge in [0.25, 0.3) is 0 Å². The third kappa shape index (κ3) is 3.19. The molecule has 0 bridgehead atoms. The molecular formula is C12H18N6O. The molecule has 1 atom stereocenters. The van der Waals surface area contributed by atoms with Gasteiger partial charge in [0.2, 0.25) is 0 Å². The Morgan fingerprint density at radius 1 is 1.26 bits per heavy atom. The standard InChI is InChI=1S/C12H18N6O/c1-8(7-19-2)6-18-12(15-16-17-18)9-3-10(13)5-11(14)4-9/h3-5,8H,6-7,13-14H2,1-2H3. The summed E-state index contributed by atoms with van der Waals surface area (Å²) in [6.45, 7) is 3.39. The number of nitrogen functional groups attached to an aromatic ring is 2. The fourth-order valence-electron chi connectivity index (χ4n) is 1.97. The predicted octanol–water partition coefficient (Wildman–Crippen LogP) is 0.787. The number of hydrogen-bond donors (Lipinski definition) is 2. The van der Waals surface area contributed by atoms with Gasteiger partial charge in [0.15, 0.2) is 5.82 Å². The molecule has 1 unspecified atom stereocenters. The molecule has 0 saturated carbocycles. The van der Waals surface area contributed by atoms with Crippen molar-refractivity contribution in [3.63, 3.8) is 0 Å². The number of anilines is 2. The minimum atomic E-state index is 0.311. The zero-order valence-electron chi connectivity index (χ0n) is 11.1. The van der Waals surface area contributed by atoms with E-state index in [9.17, 15) is 0 Å². The summed E-state index contributed by atoms with van der Waals surface area (Å²) in [6, 6.07) is 5.31. The molecule has 0 aliphatic carbocycles. The number of benzene rings is 1. The van der Waals surface area contributed by atoms with Crippen molar-refractivity contribution in [1.29, 1.82) is 0 Å². The fourth-order valence-corrected chi connectivity index (χ4v) is 1.97. The van der Waals surface area contributed by atoms with Crippen LogP contribution in [0.3, 0.4) is 0 Å². The van der Waals surface area contributed by atoms with Gasteiger partial charge in [-0.25, -0.2) is 4.68 Å². The summed E-state index contributed by atoms with van der Waals surface area (Å²) < 4.78 is 6.85. The van der Waals surface area contributed by atoms with Crippen LogP contribution < -0.4 is 11.5 Å². The lowest BCUT2D eigenvalue weighted by Gasteiger charge is -2.11. The monoisotopic (exact) mass is 262 g/mol. The van der Waals surface area contributed by atoms with Gasteiger partial charge in [0.1, 0.15) is 0 Å². The topological polar surface area (TPSA) is 105 Å². The first-order chi connectivity index (χ1) is 9.10. The summed E-state index contributed by atoms with van der Waals surface area (Å²) >= 11 is 0. The van der Waals surface area contributed by atoms with Gasteiger partial charge in [-0.2, -0.15) is 0 Å². The van der Waals surface area contributed by atoms with Crippen LogP contribution in [0.4, 0.5) is 11.4 Å². The minimum Gasteiger partial charge on any atom is -0.399 e. The average molecular weight is 262 g/mol. The Hall–Kier alpha value is -2.15. The van der Waals surface area contributed by atoms with Crippen LogP contribution >= 0.6 is 0 Å². The number of hydrogen-bond acceptors (Lipinski definition) is 6. The second-order valence-corrected chi connectivity index (χ2v) is 4.63. The van der Waals surface area contributed by atoms with Crippen LogP contribution in [0.5, 0.6) is 0 Å². The SMILES string of the molecule is COCC(C)Cn1nnnc1-c1cc(N)cc(N)c1. The van der Waals surface area contributed by atoms with Gasteiger partial charge in [-0.1, -0.05) is 6.92 Å². The molecule has 1 aromatic heterocycles. The lowest BCUT2D eigenvalue weighted by molar-refractivity contribution is 0.149. The highest BCUT2D eigenvalue weighted by molar-refractivity contribution is 5.67. The zero-order chi connectivity index (χ0) is 13.8. The molecule has 7 heteroatoms. The van der Waals surface area contributed by atoms with Crippen LogP contribution in [0.1, 0.15) is 6.92 Å². The average Bonchev–Trinajstić information content (AvgIpc) is 2.76. The van der Waals surface area contributed by atoms with E-state index < -0.39 is 0 Å². The Labute approximate surface area is 111 Å². The Morgan fingerprint density at radius 3 is 2.58 bits per heavy atom. The Bertz CT molecular complexity index is 533. The number of methoxy groups -OCH3 is 1. The molecule has 0 amide bonds. The van der Waals surface area contributed by atoms with Crippen molar-refractivity contribution in [2.45, 2.75) is 13.5 Å². The normalized spacial score (nSPS) is 12.5. The number of nitrogens with two attached hydrogens (primary N) is 2. The van der Waals surface area contributed by atoms with Crippen LogP contribution in [0.25, 0.3) is 11.4 Å². The highest BCUT2D eigenvalue weighted by Crippen LogP contribution is 2.22. The number of rotatable bonds is 5. The van der Waals surface area contributed by atoms with Gasteiger partial charge in [-0.05, 0) is 34.5 Å². The summed E-state index contributed by atoms with van der Waals surface area (Å²) in [6.07, 6.45) is 0. The van der Waals surface area contributed by atoms with Crippen molar-refractivity contribution in [1.82, 2.24) is 20.2 Å². The summed E-state index contributed by atoms with van der Waals surface area (Å²) in [5.74, 6) is 0.965.